The second-order valence-electron chi connectivity index (χ2n) is 6.73. The van der Waals surface area contributed by atoms with Gasteiger partial charge in [0.25, 0.3) is 10.0 Å². The lowest BCUT2D eigenvalue weighted by Gasteiger charge is -2.07. The Labute approximate surface area is 191 Å². The van der Waals surface area contributed by atoms with Gasteiger partial charge in [0.1, 0.15) is 5.76 Å². The molecule has 32 heavy (non-hydrogen) atoms. The number of sulfonamides is 1. The summed E-state index contributed by atoms with van der Waals surface area (Å²) in [6.07, 6.45) is 0. The summed E-state index contributed by atoms with van der Waals surface area (Å²) < 4.78 is 32.2. The summed E-state index contributed by atoms with van der Waals surface area (Å²) in [7, 11) is -3.78. The number of hydrogen-bond acceptors (Lipinski definition) is 10. The van der Waals surface area contributed by atoms with Gasteiger partial charge in [0.15, 0.2) is 16.1 Å². The van der Waals surface area contributed by atoms with Crippen LogP contribution in [0.3, 0.4) is 0 Å². The molecule has 4 rings (SSSR count). The van der Waals surface area contributed by atoms with Crippen molar-refractivity contribution in [3.63, 3.8) is 0 Å². The summed E-state index contributed by atoms with van der Waals surface area (Å²) in [5, 5.41) is 12.5. The largest absolute Gasteiger partial charge is 0.360 e. The quantitative estimate of drug-likeness (QED) is 0.347. The van der Waals surface area contributed by atoms with E-state index in [0.717, 1.165) is 16.3 Å². The van der Waals surface area contributed by atoms with Crippen molar-refractivity contribution in [2.45, 2.75) is 25.7 Å². The molecule has 0 unspecified atom stereocenters. The van der Waals surface area contributed by atoms with Crippen molar-refractivity contribution in [1.29, 1.82) is 0 Å². The van der Waals surface area contributed by atoms with E-state index in [4.69, 9.17) is 4.52 Å². The number of carbonyl (C=O) groups is 1. The number of rotatable bonds is 7. The van der Waals surface area contributed by atoms with Gasteiger partial charge in [0.2, 0.25) is 5.91 Å². The van der Waals surface area contributed by atoms with E-state index in [1.165, 1.54) is 47.8 Å². The van der Waals surface area contributed by atoms with Crippen molar-refractivity contribution < 1.29 is 17.7 Å². The molecule has 0 saturated heterocycles. The number of carbonyl (C=O) groups excluding carboxylic acids is 1. The van der Waals surface area contributed by atoms with Gasteiger partial charge in [0, 0.05) is 24.1 Å². The van der Waals surface area contributed by atoms with Gasteiger partial charge in [-0.25, -0.2) is 18.4 Å². The van der Waals surface area contributed by atoms with Crippen LogP contribution in [0.15, 0.2) is 45.1 Å². The normalized spacial score (nSPS) is 11.3. The van der Waals surface area contributed by atoms with Gasteiger partial charge in [-0.05, 0) is 38.1 Å². The van der Waals surface area contributed by atoms with E-state index in [-0.39, 0.29) is 16.6 Å². The Bertz CT molecular complexity index is 1370. The number of anilines is 4. The van der Waals surface area contributed by atoms with E-state index >= 15 is 0 Å². The second kappa shape index (κ2) is 8.68. The van der Waals surface area contributed by atoms with E-state index in [0.29, 0.717) is 21.7 Å². The van der Waals surface area contributed by atoms with Crippen molar-refractivity contribution in [3.05, 3.63) is 47.2 Å². The molecule has 3 N–H and O–H groups in total. The van der Waals surface area contributed by atoms with Gasteiger partial charge in [-0.1, -0.05) is 16.5 Å². The zero-order valence-electron chi connectivity index (χ0n) is 17.2. The number of thiazole rings is 2. The van der Waals surface area contributed by atoms with E-state index in [1.807, 2.05) is 12.3 Å². The van der Waals surface area contributed by atoms with Gasteiger partial charge in [-0.3, -0.25) is 9.52 Å². The summed E-state index contributed by atoms with van der Waals surface area (Å²) in [5.74, 6) is 0.452. The molecule has 0 aliphatic carbocycles. The predicted octanol–water partition coefficient (Wildman–Crippen LogP) is 4.37. The zero-order valence-corrected chi connectivity index (χ0v) is 19.6. The lowest BCUT2D eigenvalue weighted by molar-refractivity contribution is -0.114. The zero-order chi connectivity index (χ0) is 22.9. The molecule has 0 bridgehead atoms. The molecule has 0 saturated carbocycles. The minimum atomic E-state index is -3.78. The second-order valence-corrected chi connectivity index (χ2v) is 10.3. The molecule has 10 nitrogen and oxygen atoms in total. The molecule has 166 valence electrons. The predicted molar refractivity (Wildman–Crippen MR) is 124 cm³/mol. The first-order valence-corrected chi connectivity index (χ1v) is 12.4. The number of amides is 1. The molecule has 0 fully saturated rings. The molecule has 0 radical (unpaired) electrons. The Morgan fingerprint density at radius 1 is 1.09 bits per heavy atom. The van der Waals surface area contributed by atoms with E-state index < -0.39 is 10.0 Å². The van der Waals surface area contributed by atoms with Crippen LogP contribution >= 0.6 is 22.7 Å². The number of aromatic nitrogens is 3. The van der Waals surface area contributed by atoms with E-state index in [2.05, 4.69) is 30.5 Å². The van der Waals surface area contributed by atoms with Crippen LogP contribution in [-0.2, 0) is 14.8 Å². The molecule has 0 atom stereocenters. The molecular weight excluding hydrogens is 472 g/mol. The standard InChI is InChI=1S/C19H18N6O4S3/c1-10-8-16(24-29-10)25-32(27,28)14-6-4-13(5-7-14)22-18-23-15(9-30-18)17-11(2)20-19(31-17)21-12(3)26/h4-9H,1-3H3,(H,22,23)(H,24,25)(H,20,21,26). The summed E-state index contributed by atoms with van der Waals surface area (Å²) in [4.78, 5) is 21.1. The molecule has 1 aromatic carbocycles. The number of nitrogens with zero attached hydrogens (tertiary/aromatic N) is 3. The van der Waals surface area contributed by atoms with Crippen LogP contribution in [0.4, 0.5) is 21.8 Å². The number of aryl methyl sites for hydroxylation is 2. The molecule has 0 spiro atoms. The highest BCUT2D eigenvalue weighted by atomic mass is 32.2. The molecule has 1 amide bonds. The molecular formula is C19H18N6O4S3. The van der Waals surface area contributed by atoms with Crippen LogP contribution in [0.1, 0.15) is 18.4 Å². The molecule has 3 heterocycles. The maximum absolute atomic E-state index is 12.5. The van der Waals surface area contributed by atoms with Crippen molar-refractivity contribution in [1.82, 2.24) is 15.1 Å². The Morgan fingerprint density at radius 3 is 2.50 bits per heavy atom. The molecule has 0 aliphatic rings. The van der Waals surface area contributed by atoms with Crippen molar-refractivity contribution >= 4 is 60.4 Å². The molecule has 3 aromatic heterocycles. The minimum Gasteiger partial charge on any atom is -0.360 e. The first kappa shape index (κ1) is 21.9. The Kier molecular flexibility index (Phi) is 5.95. The third kappa shape index (κ3) is 4.95. The van der Waals surface area contributed by atoms with Crippen molar-refractivity contribution in [2.75, 3.05) is 15.4 Å². The van der Waals surface area contributed by atoms with Crippen molar-refractivity contribution in [3.8, 4) is 10.6 Å². The van der Waals surface area contributed by atoms with Gasteiger partial charge in [-0.2, -0.15) is 0 Å². The van der Waals surface area contributed by atoms with Crippen LogP contribution in [0.25, 0.3) is 10.6 Å². The van der Waals surface area contributed by atoms with Crippen LogP contribution in [0.5, 0.6) is 0 Å². The number of nitrogens with one attached hydrogen (secondary N) is 3. The Morgan fingerprint density at radius 2 is 1.84 bits per heavy atom. The monoisotopic (exact) mass is 490 g/mol. The number of hydrogen-bond donors (Lipinski definition) is 3. The highest BCUT2D eigenvalue weighted by Gasteiger charge is 2.17. The molecule has 13 heteroatoms. The maximum atomic E-state index is 12.5. The average Bonchev–Trinajstić information content (AvgIpc) is 3.42. The Balaban J connectivity index is 1.46. The molecule has 4 aromatic rings. The SMILES string of the molecule is CC(=O)Nc1nc(C)c(-c2csc(Nc3ccc(S(=O)(=O)Nc4cc(C)on4)cc3)n2)s1. The molecule has 0 aliphatic heterocycles. The highest BCUT2D eigenvalue weighted by Crippen LogP contribution is 2.35. The van der Waals surface area contributed by atoms with Crippen LogP contribution in [0.2, 0.25) is 0 Å². The third-order valence-electron chi connectivity index (χ3n) is 4.10. The smallest absolute Gasteiger partial charge is 0.263 e. The fourth-order valence-electron chi connectivity index (χ4n) is 2.73. The minimum absolute atomic E-state index is 0.0920. The summed E-state index contributed by atoms with van der Waals surface area (Å²) in [6, 6.07) is 7.77. The topological polar surface area (TPSA) is 139 Å². The Hall–Kier alpha value is -3.29. The van der Waals surface area contributed by atoms with E-state index in [1.54, 1.807) is 19.1 Å². The summed E-state index contributed by atoms with van der Waals surface area (Å²) in [6.45, 7) is 4.97. The number of benzene rings is 1. The van der Waals surface area contributed by atoms with Gasteiger partial charge in [-0.15, -0.1) is 11.3 Å². The fourth-order valence-corrected chi connectivity index (χ4v) is 5.48. The lowest BCUT2D eigenvalue weighted by Crippen LogP contribution is -2.13. The van der Waals surface area contributed by atoms with Crippen molar-refractivity contribution in [2.24, 2.45) is 0 Å². The van der Waals surface area contributed by atoms with E-state index in [9.17, 15) is 13.2 Å². The van der Waals surface area contributed by atoms with Gasteiger partial charge >= 0.3 is 0 Å². The first-order valence-electron chi connectivity index (χ1n) is 9.24. The maximum Gasteiger partial charge on any atom is 0.263 e. The summed E-state index contributed by atoms with van der Waals surface area (Å²) in [5.41, 5.74) is 2.21. The highest BCUT2D eigenvalue weighted by molar-refractivity contribution is 7.92. The first-order chi connectivity index (χ1) is 15.2. The van der Waals surface area contributed by atoms with Crippen LogP contribution in [0, 0.1) is 13.8 Å². The van der Waals surface area contributed by atoms with Gasteiger partial charge in [0.05, 0.1) is 21.2 Å². The van der Waals surface area contributed by atoms with Crippen LogP contribution < -0.4 is 15.4 Å². The van der Waals surface area contributed by atoms with Crippen LogP contribution in [-0.4, -0.2) is 29.4 Å². The van der Waals surface area contributed by atoms with Gasteiger partial charge < -0.3 is 15.2 Å². The lowest BCUT2D eigenvalue weighted by atomic mass is 10.3. The summed E-state index contributed by atoms with van der Waals surface area (Å²) >= 11 is 2.76. The average molecular weight is 491 g/mol. The fraction of sp³-hybridized carbons (Fsp3) is 0.158. The third-order valence-corrected chi connectivity index (χ3v) is 7.32.